The zero-order valence-corrected chi connectivity index (χ0v) is 12.0. The van der Waals surface area contributed by atoms with Crippen LogP contribution in [-0.4, -0.2) is 44.0 Å². The summed E-state index contributed by atoms with van der Waals surface area (Å²) in [5.74, 6) is -0.00255. The van der Waals surface area contributed by atoms with Gasteiger partial charge in [0.05, 0.1) is 5.56 Å². The maximum atomic E-state index is 12.2. The highest BCUT2D eigenvalue weighted by Gasteiger charge is 2.25. The number of nitrogens with zero attached hydrogens (tertiary/aromatic N) is 1. The second kappa shape index (κ2) is 6.06. The summed E-state index contributed by atoms with van der Waals surface area (Å²) >= 11 is 0. The van der Waals surface area contributed by atoms with E-state index in [4.69, 9.17) is 0 Å². The van der Waals surface area contributed by atoms with Gasteiger partial charge in [0, 0.05) is 31.9 Å². The second-order valence-electron chi connectivity index (χ2n) is 5.27. The molecule has 0 bridgehead atoms. The molecular formula is C15H23N3O. The van der Waals surface area contributed by atoms with Gasteiger partial charge >= 0.3 is 0 Å². The Hall–Kier alpha value is -1.55. The van der Waals surface area contributed by atoms with Crippen LogP contribution < -0.4 is 10.6 Å². The molecule has 0 saturated heterocycles. The van der Waals surface area contributed by atoms with E-state index < -0.39 is 0 Å². The molecule has 1 aliphatic rings. The van der Waals surface area contributed by atoms with Crippen LogP contribution in [0.2, 0.25) is 0 Å². The van der Waals surface area contributed by atoms with Gasteiger partial charge in [-0.05, 0) is 38.9 Å². The third kappa shape index (κ3) is 3.70. The zero-order chi connectivity index (χ0) is 13.8. The van der Waals surface area contributed by atoms with Crippen molar-refractivity contribution in [2.45, 2.75) is 25.8 Å². The van der Waals surface area contributed by atoms with Crippen molar-refractivity contribution in [3.05, 3.63) is 29.3 Å². The second-order valence-corrected chi connectivity index (χ2v) is 5.27. The largest absolute Gasteiger partial charge is 0.387 e. The number of carbonyl (C=O) groups excluding carboxylic acids is 1. The number of hydrogen-bond donors (Lipinski definition) is 2. The van der Waals surface area contributed by atoms with E-state index in [1.54, 1.807) is 0 Å². The van der Waals surface area contributed by atoms with Gasteiger partial charge in [-0.25, -0.2) is 0 Å². The summed E-state index contributed by atoms with van der Waals surface area (Å²) in [6.07, 6.45) is 2.60. The van der Waals surface area contributed by atoms with Gasteiger partial charge in [0.2, 0.25) is 0 Å². The standard InChI is InChI=1S/C15H23N3O/c1-11-4-7-14(16-2)13(10-11)15(19)17-8-9-18(3)12-5-6-12/h4,7,10,12,16H,5-6,8-9H2,1-3H3,(H,17,19). The van der Waals surface area contributed by atoms with E-state index >= 15 is 0 Å². The molecule has 0 atom stereocenters. The van der Waals surface area contributed by atoms with Crippen molar-refractivity contribution < 1.29 is 4.79 Å². The van der Waals surface area contributed by atoms with Gasteiger partial charge in [-0.3, -0.25) is 4.79 Å². The molecule has 0 aliphatic heterocycles. The van der Waals surface area contributed by atoms with Crippen LogP contribution in [0.5, 0.6) is 0 Å². The minimum Gasteiger partial charge on any atom is -0.387 e. The van der Waals surface area contributed by atoms with Crippen LogP contribution in [0.4, 0.5) is 5.69 Å². The Morgan fingerprint density at radius 1 is 1.42 bits per heavy atom. The van der Waals surface area contributed by atoms with Crippen LogP contribution in [0.15, 0.2) is 18.2 Å². The van der Waals surface area contributed by atoms with E-state index in [1.807, 2.05) is 32.2 Å². The molecule has 1 fully saturated rings. The molecule has 2 rings (SSSR count). The SMILES string of the molecule is CNc1ccc(C)cc1C(=O)NCCN(C)C1CC1. The fourth-order valence-electron chi connectivity index (χ4n) is 2.20. The number of carbonyl (C=O) groups is 1. The van der Waals surface area contributed by atoms with Crippen LogP contribution in [0.3, 0.4) is 0 Å². The summed E-state index contributed by atoms with van der Waals surface area (Å²) in [5, 5.41) is 6.05. The maximum absolute atomic E-state index is 12.2. The molecule has 1 amide bonds. The van der Waals surface area contributed by atoms with Gasteiger partial charge in [0.1, 0.15) is 0 Å². The fourth-order valence-corrected chi connectivity index (χ4v) is 2.20. The molecule has 4 heteroatoms. The summed E-state index contributed by atoms with van der Waals surface area (Å²) in [6, 6.07) is 6.61. The smallest absolute Gasteiger partial charge is 0.253 e. The van der Waals surface area contributed by atoms with E-state index in [-0.39, 0.29) is 5.91 Å². The topological polar surface area (TPSA) is 44.4 Å². The lowest BCUT2D eigenvalue weighted by Crippen LogP contribution is -2.34. The molecule has 1 saturated carbocycles. The van der Waals surface area contributed by atoms with Gasteiger partial charge in [-0.1, -0.05) is 11.6 Å². The van der Waals surface area contributed by atoms with Crippen LogP contribution >= 0.6 is 0 Å². The third-order valence-corrected chi connectivity index (χ3v) is 3.61. The number of benzene rings is 1. The molecule has 104 valence electrons. The molecule has 0 radical (unpaired) electrons. The van der Waals surface area contributed by atoms with Crippen molar-refractivity contribution in [1.29, 1.82) is 0 Å². The molecule has 1 aromatic carbocycles. The fraction of sp³-hybridized carbons (Fsp3) is 0.533. The minimum absolute atomic E-state index is 0.00255. The Bertz CT molecular complexity index is 455. The van der Waals surface area contributed by atoms with Gasteiger partial charge in [-0.2, -0.15) is 0 Å². The van der Waals surface area contributed by atoms with Gasteiger partial charge < -0.3 is 15.5 Å². The monoisotopic (exact) mass is 261 g/mol. The average Bonchev–Trinajstić information content (AvgIpc) is 3.22. The van der Waals surface area contributed by atoms with Gasteiger partial charge in [0.15, 0.2) is 0 Å². The molecule has 1 aromatic rings. The normalized spacial score (nSPS) is 14.5. The summed E-state index contributed by atoms with van der Waals surface area (Å²) in [6.45, 7) is 3.61. The zero-order valence-electron chi connectivity index (χ0n) is 12.0. The molecule has 19 heavy (non-hydrogen) atoms. The Kier molecular flexibility index (Phi) is 4.43. The van der Waals surface area contributed by atoms with Crippen LogP contribution in [0.1, 0.15) is 28.8 Å². The lowest BCUT2D eigenvalue weighted by Gasteiger charge is -2.16. The quantitative estimate of drug-likeness (QED) is 0.821. The highest BCUT2D eigenvalue weighted by atomic mass is 16.1. The first-order valence-corrected chi connectivity index (χ1v) is 6.88. The Morgan fingerprint density at radius 2 is 2.16 bits per heavy atom. The first-order valence-electron chi connectivity index (χ1n) is 6.88. The Labute approximate surface area is 115 Å². The number of likely N-dealkylation sites (N-methyl/N-ethyl adjacent to an activating group) is 1. The van der Waals surface area contributed by atoms with Crippen LogP contribution in [-0.2, 0) is 0 Å². The molecule has 1 aliphatic carbocycles. The van der Waals surface area contributed by atoms with Crippen LogP contribution in [0, 0.1) is 6.92 Å². The average molecular weight is 261 g/mol. The van der Waals surface area contributed by atoms with E-state index in [9.17, 15) is 4.79 Å². The summed E-state index contributed by atoms with van der Waals surface area (Å²) < 4.78 is 0. The highest BCUT2D eigenvalue weighted by Crippen LogP contribution is 2.24. The molecule has 2 N–H and O–H groups in total. The third-order valence-electron chi connectivity index (χ3n) is 3.61. The molecule has 0 spiro atoms. The van der Waals surface area contributed by atoms with E-state index in [1.165, 1.54) is 12.8 Å². The first-order chi connectivity index (χ1) is 9.11. The first kappa shape index (κ1) is 13.9. The minimum atomic E-state index is -0.00255. The lowest BCUT2D eigenvalue weighted by molar-refractivity contribution is 0.0950. The number of anilines is 1. The summed E-state index contributed by atoms with van der Waals surface area (Å²) in [4.78, 5) is 14.5. The predicted octanol–water partition coefficient (Wildman–Crippen LogP) is 1.86. The maximum Gasteiger partial charge on any atom is 0.253 e. The van der Waals surface area contributed by atoms with E-state index in [0.717, 1.165) is 29.4 Å². The van der Waals surface area contributed by atoms with Crippen molar-refractivity contribution in [2.24, 2.45) is 0 Å². The van der Waals surface area contributed by atoms with Crippen molar-refractivity contribution in [1.82, 2.24) is 10.2 Å². The summed E-state index contributed by atoms with van der Waals surface area (Å²) in [7, 11) is 3.96. The van der Waals surface area contributed by atoms with E-state index in [2.05, 4.69) is 22.6 Å². The number of nitrogens with one attached hydrogen (secondary N) is 2. The van der Waals surface area contributed by atoms with Crippen molar-refractivity contribution in [3.8, 4) is 0 Å². The predicted molar refractivity (Wildman–Crippen MR) is 78.7 cm³/mol. The van der Waals surface area contributed by atoms with E-state index in [0.29, 0.717) is 6.54 Å². The van der Waals surface area contributed by atoms with Crippen LogP contribution in [0.25, 0.3) is 0 Å². The molecule has 4 nitrogen and oxygen atoms in total. The number of hydrogen-bond acceptors (Lipinski definition) is 3. The van der Waals surface area contributed by atoms with Crippen molar-refractivity contribution in [2.75, 3.05) is 32.5 Å². The number of rotatable bonds is 6. The van der Waals surface area contributed by atoms with Gasteiger partial charge in [-0.15, -0.1) is 0 Å². The van der Waals surface area contributed by atoms with Crippen molar-refractivity contribution in [3.63, 3.8) is 0 Å². The summed E-state index contributed by atoms with van der Waals surface area (Å²) in [5.41, 5.74) is 2.69. The lowest BCUT2D eigenvalue weighted by atomic mass is 10.1. The van der Waals surface area contributed by atoms with Crippen molar-refractivity contribution >= 4 is 11.6 Å². The molecular weight excluding hydrogens is 238 g/mol. The Morgan fingerprint density at radius 3 is 2.79 bits per heavy atom. The number of aryl methyl sites for hydroxylation is 1. The Balaban J connectivity index is 1.89. The molecule has 0 aromatic heterocycles. The van der Waals surface area contributed by atoms with Gasteiger partial charge in [0.25, 0.3) is 5.91 Å². The molecule has 0 heterocycles. The molecule has 0 unspecified atom stereocenters. The number of amides is 1. The highest BCUT2D eigenvalue weighted by molar-refractivity contribution is 5.99.